The Labute approximate surface area is 182 Å². The lowest BCUT2D eigenvalue weighted by atomic mass is 9.94. The predicted molar refractivity (Wildman–Crippen MR) is 108 cm³/mol. The van der Waals surface area contributed by atoms with E-state index < -0.39 is 28.4 Å². The second-order valence-electron chi connectivity index (χ2n) is 7.86. The molecule has 0 bridgehead atoms. The van der Waals surface area contributed by atoms with Gasteiger partial charge in [-0.1, -0.05) is 0 Å². The number of piperidine rings is 1. The van der Waals surface area contributed by atoms with Crippen LogP contribution in [0, 0.1) is 16.0 Å². The molecule has 0 unspecified atom stereocenters. The highest BCUT2D eigenvalue weighted by molar-refractivity contribution is 5.79. The van der Waals surface area contributed by atoms with Crippen LogP contribution >= 0.6 is 0 Å². The van der Waals surface area contributed by atoms with Crippen molar-refractivity contribution in [3.8, 4) is 0 Å². The molecule has 0 aromatic heterocycles. The summed E-state index contributed by atoms with van der Waals surface area (Å²) in [7, 11) is 1.31. The molecular formula is C20H25F3N4O5. The topological polar surface area (TPSA) is 96.2 Å². The molecule has 2 amide bonds. The smallest absolute Gasteiger partial charge is 0.416 e. The van der Waals surface area contributed by atoms with E-state index in [1.807, 2.05) is 0 Å². The molecule has 0 spiro atoms. The van der Waals surface area contributed by atoms with E-state index in [4.69, 9.17) is 4.74 Å². The van der Waals surface area contributed by atoms with E-state index in [1.54, 1.807) is 14.7 Å². The average molecular weight is 458 g/mol. The van der Waals surface area contributed by atoms with Gasteiger partial charge in [0.25, 0.3) is 5.69 Å². The van der Waals surface area contributed by atoms with Gasteiger partial charge in [0.15, 0.2) is 0 Å². The van der Waals surface area contributed by atoms with Gasteiger partial charge in [-0.05, 0) is 31.4 Å². The third-order valence-corrected chi connectivity index (χ3v) is 5.92. The molecule has 2 saturated heterocycles. The maximum absolute atomic E-state index is 13.0. The molecule has 2 aliphatic heterocycles. The van der Waals surface area contributed by atoms with Crippen molar-refractivity contribution >= 4 is 23.4 Å². The van der Waals surface area contributed by atoms with Crippen molar-refractivity contribution in [2.75, 3.05) is 51.3 Å². The molecule has 176 valence electrons. The minimum atomic E-state index is -4.67. The van der Waals surface area contributed by atoms with E-state index in [0.717, 1.165) is 12.1 Å². The number of rotatable bonds is 3. The van der Waals surface area contributed by atoms with Gasteiger partial charge in [-0.3, -0.25) is 14.9 Å². The fourth-order valence-corrected chi connectivity index (χ4v) is 4.19. The number of carbonyl (C=O) groups excluding carboxylic acids is 2. The Kier molecular flexibility index (Phi) is 7.09. The number of nitro benzene ring substituents is 1. The number of ether oxygens (including phenoxy) is 1. The van der Waals surface area contributed by atoms with E-state index in [0.29, 0.717) is 64.6 Å². The number of amides is 2. The Hall–Kier alpha value is -3.05. The molecule has 9 nitrogen and oxygen atoms in total. The molecule has 3 rings (SSSR count). The number of nitrogens with zero attached hydrogens (tertiary/aromatic N) is 4. The molecule has 0 N–H and O–H groups in total. The van der Waals surface area contributed by atoms with Crippen molar-refractivity contribution in [1.82, 2.24) is 9.80 Å². The fraction of sp³-hybridized carbons (Fsp3) is 0.600. The molecule has 0 saturated carbocycles. The van der Waals surface area contributed by atoms with Gasteiger partial charge in [-0.2, -0.15) is 13.2 Å². The summed E-state index contributed by atoms with van der Waals surface area (Å²) in [6.07, 6.45) is -3.58. The van der Waals surface area contributed by atoms with Crippen molar-refractivity contribution in [2.24, 2.45) is 5.92 Å². The van der Waals surface area contributed by atoms with Gasteiger partial charge < -0.3 is 19.4 Å². The molecular weight excluding hydrogens is 433 g/mol. The van der Waals surface area contributed by atoms with Crippen molar-refractivity contribution in [2.45, 2.75) is 25.4 Å². The molecule has 12 heteroatoms. The molecule has 2 aliphatic rings. The highest BCUT2D eigenvalue weighted by Crippen LogP contribution is 2.37. The number of halogens is 3. The largest absolute Gasteiger partial charge is 0.453 e. The Bertz CT molecular complexity index is 871. The molecule has 0 radical (unpaired) electrons. The first-order chi connectivity index (χ1) is 15.1. The monoisotopic (exact) mass is 458 g/mol. The Morgan fingerprint density at radius 1 is 1.06 bits per heavy atom. The zero-order chi connectivity index (χ0) is 23.5. The van der Waals surface area contributed by atoms with Crippen LogP contribution in [-0.2, 0) is 15.7 Å². The van der Waals surface area contributed by atoms with Crippen molar-refractivity contribution in [3.05, 3.63) is 33.9 Å². The van der Waals surface area contributed by atoms with Crippen LogP contribution in [-0.4, -0.2) is 73.1 Å². The first kappa shape index (κ1) is 23.6. The zero-order valence-corrected chi connectivity index (χ0v) is 17.6. The van der Waals surface area contributed by atoms with Crippen LogP contribution < -0.4 is 4.90 Å². The number of methoxy groups -OCH3 is 1. The highest BCUT2D eigenvalue weighted by Gasteiger charge is 2.35. The third-order valence-electron chi connectivity index (χ3n) is 5.92. The van der Waals surface area contributed by atoms with Gasteiger partial charge in [0.1, 0.15) is 5.69 Å². The zero-order valence-electron chi connectivity index (χ0n) is 17.6. The molecule has 0 aliphatic carbocycles. The lowest BCUT2D eigenvalue weighted by Crippen LogP contribution is -2.44. The van der Waals surface area contributed by atoms with Crippen LogP contribution in [0.15, 0.2) is 18.2 Å². The van der Waals surface area contributed by atoms with Crippen molar-refractivity contribution < 1.29 is 32.4 Å². The molecule has 2 heterocycles. The van der Waals surface area contributed by atoms with Crippen LogP contribution in [0.1, 0.15) is 24.8 Å². The summed E-state index contributed by atoms with van der Waals surface area (Å²) in [6.45, 7) is 2.46. The molecule has 32 heavy (non-hydrogen) atoms. The van der Waals surface area contributed by atoms with E-state index in [-0.39, 0.29) is 17.5 Å². The van der Waals surface area contributed by atoms with Crippen molar-refractivity contribution in [1.29, 1.82) is 0 Å². The van der Waals surface area contributed by atoms with Crippen LogP contribution in [0.4, 0.5) is 29.3 Å². The Morgan fingerprint density at radius 3 is 2.28 bits per heavy atom. The van der Waals surface area contributed by atoms with E-state index in [9.17, 15) is 32.9 Å². The maximum Gasteiger partial charge on any atom is 0.416 e. The summed E-state index contributed by atoms with van der Waals surface area (Å²) in [4.78, 5) is 40.2. The number of hydrogen-bond acceptors (Lipinski definition) is 6. The highest BCUT2D eigenvalue weighted by atomic mass is 19.4. The summed E-state index contributed by atoms with van der Waals surface area (Å²) in [5, 5.41) is 11.4. The van der Waals surface area contributed by atoms with Crippen LogP contribution in [0.3, 0.4) is 0 Å². The van der Waals surface area contributed by atoms with Gasteiger partial charge in [0, 0.05) is 51.3 Å². The van der Waals surface area contributed by atoms with E-state index in [2.05, 4.69) is 0 Å². The average Bonchev–Trinajstić information content (AvgIpc) is 3.03. The van der Waals surface area contributed by atoms with Crippen molar-refractivity contribution in [3.63, 3.8) is 0 Å². The van der Waals surface area contributed by atoms with Crippen LogP contribution in [0.25, 0.3) is 0 Å². The number of hydrogen-bond donors (Lipinski definition) is 0. The quantitative estimate of drug-likeness (QED) is 0.510. The fourth-order valence-electron chi connectivity index (χ4n) is 4.19. The summed E-state index contributed by atoms with van der Waals surface area (Å²) < 4.78 is 43.5. The van der Waals surface area contributed by atoms with Gasteiger partial charge in [-0.15, -0.1) is 0 Å². The summed E-state index contributed by atoms with van der Waals surface area (Å²) in [5.41, 5.74) is -1.54. The predicted octanol–water partition coefficient (Wildman–Crippen LogP) is 3.13. The Morgan fingerprint density at radius 2 is 1.69 bits per heavy atom. The lowest BCUT2D eigenvalue weighted by Gasteiger charge is -2.35. The summed E-state index contributed by atoms with van der Waals surface area (Å²) in [6, 6.07) is 2.51. The second-order valence-corrected chi connectivity index (χ2v) is 7.86. The molecule has 0 atom stereocenters. The van der Waals surface area contributed by atoms with Crippen LogP contribution in [0.5, 0.6) is 0 Å². The van der Waals surface area contributed by atoms with Gasteiger partial charge in [-0.25, -0.2) is 4.79 Å². The number of benzene rings is 1. The summed E-state index contributed by atoms with van der Waals surface area (Å²) >= 11 is 0. The number of alkyl halides is 3. The van der Waals surface area contributed by atoms with Gasteiger partial charge >= 0.3 is 12.3 Å². The number of carbonyl (C=O) groups is 2. The second kappa shape index (κ2) is 9.61. The van der Waals surface area contributed by atoms with Crippen LogP contribution in [0.2, 0.25) is 0 Å². The molecule has 2 fully saturated rings. The first-order valence-corrected chi connectivity index (χ1v) is 10.3. The number of anilines is 1. The van der Waals surface area contributed by atoms with Gasteiger partial charge in [0.2, 0.25) is 5.91 Å². The SMILES string of the molecule is COC(=O)N1CCCN(C(=O)C2CCN(c3ccc(C(F)(F)F)cc3[N+](=O)[O-])CC2)CC1. The third kappa shape index (κ3) is 5.22. The lowest BCUT2D eigenvalue weighted by molar-refractivity contribution is -0.384. The first-order valence-electron chi connectivity index (χ1n) is 10.3. The Balaban J connectivity index is 1.63. The van der Waals surface area contributed by atoms with E-state index >= 15 is 0 Å². The minimum Gasteiger partial charge on any atom is -0.453 e. The van der Waals surface area contributed by atoms with Gasteiger partial charge in [0.05, 0.1) is 17.6 Å². The normalized spacial score (nSPS) is 18.3. The maximum atomic E-state index is 13.0. The molecule has 1 aromatic carbocycles. The summed E-state index contributed by atoms with van der Waals surface area (Å²) in [5.74, 6) is -0.303. The minimum absolute atomic E-state index is 0.0294. The number of nitro groups is 1. The van der Waals surface area contributed by atoms with E-state index in [1.165, 1.54) is 7.11 Å². The molecule has 1 aromatic rings. The standard InChI is InChI=1S/C20H25F3N4O5/c1-32-19(29)26-8-2-7-25(11-12-26)18(28)14-5-9-24(10-6-14)16-4-3-15(20(21,22)23)13-17(16)27(30)31/h3-4,13-14H,2,5-12H2,1H3.